The number of halogens is 3. The second kappa shape index (κ2) is 3.44. The first-order chi connectivity index (χ1) is 6.06. The molecule has 0 radical (unpaired) electrons. The predicted octanol–water partition coefficient (Wildman–Crippen LogP) is 0.707. The number of nitrogens with one attached hydrogen (secondary N) is 1. The highest BCUT2D eigenvalue weighted by Crippen LogP contribution is 2.13. The van der Waals surface area contributed by atoms with Gasteiger partial charge in [0.15, 0.2) is 17.5 Å². The van der Waals surface area contributed by atoms with Crippen molar-refractivity contribution in [1.29, 1.82) is 0 Å². The van der Waals surface area contributed by atoms with E-state index in [9.17, 15) is 18.0 Å². The van der Waals surface area contributed by atoms with Crippen molar-refractivity contribution in [2.45, 2.75) is 0 Å². The first-order valence-corrected chi connectivity index (χ1v) is 3.21. The van der Waals surface area contributed by atoms with Crippen LogP contribution in [0.25, 0.3) is 0 Å². The third-order valence-electron chi connectivity index (χ3n) is 1.38. The van der Waals surface area contributed by atoms with Crippen LogP contribution in [0.3, 0.4) is 0 Å². The number of hydrogen-bond acceptors (Lipinski definition) is 2. The summed E-state index contributed by atoms with van der Waals surface area (Å²) in [6.45, 7) is 0. The lowest BCUT2D eigenvalue weighted by atomic mass is 10.2. The van der Waals surface area contributed by atoms with E-state index in [1.165, 1.54) is 0 Å². The van der Waals surface area contributed by atoms with Gasteiger partial charge in [0.1, 0.15) is 0 Å². The molecule has 0 aliphatic carbocycles. The van der Waals surface area contributed by atoms with Crippen LogP contribution in [0.2, 0.25) is 0 Å². The van der Waals surface area contributed by atoms with Crippen molar-refractivity contribution in [1.82, 2.24) is 5.43 Å². The zero-order valence-corrected chi connectivity index (χ0v) is 6.27. The fourth-order valence-corrected chi connectivity index (χ4v) is 0.770. The minimum atomic E-state index is -1.62. The first kappa shape index (κ1) is 9.53. The summed E-state index contributed by atoms with van der Waals surface area (Å²) in [7, 11) is 0. The molecule has 1 aromatic rings. The molecule has 1 amide bonds. The van der Waals surface area contributed by atoms with Crippen LogP contribution in [0.4, 0.5) is 13.2 Å². The van der Waals surface area contributed by atoms with Crippen molar-refractivity contribution in [3.63, 3.8) is 0 Å². The molecule has 0 saturated heterocycles. The Morgan fingerprint density at radius 1 is 1.23 bits per heavy atom. The van der Waals surface area contributed by atoms with Crippen LogP contribution in [0.1, 0.15) is 10.4 Å². The molecule has 6 heteroatoms. The summed E-state index contributed by atoms with van der Waals surface area (Å²) in [5, 5.41) is 0. The van der Waals surface area contributed by atoms with Crippen molar-refractivity contribution in [3.8, 4) is 0 Å². The smallest absolute Gasteiger partial charge is 0.265 e. The largest absolute Gasteiger partial charge is 0.290 e. The molecule has 0 aliphatic rings. The summed E-state index contributed by atoms with van der Waals surface area (Å²) >= 11 is 0. The number of benzene rings is 1. The van der Waals surface area contributed by atoms with E-state index in [0.717, 1.165) is 0 Å². The van der Waals surface area contributed by atoms with Gasteiger partial charge < -0.3 is 0 Å². The molecule has 0 spiro atoms. The molecule has 13 heavy (non-hydrogen) atoms. The Kier molecular flexibility index (Phi) is 2.52. The van der Waals surface area contributed by atoms with E-state index in [0.29, 0.717) is 12.1 Å². The standard InChI is InChI=1S/C7H5F3N2O/c8-4-1-3(7(13)12-11)2-5(9)6(4)10/h1-2H,11H2,(H,12,13). The molecular formula is C7H5F3N2O. The number of nitrogens with two attached hydrogens (primary N) is 1. The predicted molar refractivity (Wildman–Crippen MR) is 38.0 cm³/mol. The molecule has 0 aliphatic heterocycles. The van der Waals surface area contributed by atoms with Gasteiger partial charge in [0.2, 0.25) is 0 Å². The normalized spacial score (nSPS) is 9.85. The third-order valence-corrected chi connectivity index (χ3v) is 1.38. The molecule has 70 valence electrons. The highest BCUT2D eigenvalue weighted by atomic mass is 19.2. The van der Waals surface area contributed by atoms with Gasteiger partial charge >= 0.3 is 0 Å². The number of nitrogen functional groups attached to an aromatic ring is 1. The average Bonchev–Trinajstić information content (AvgIpc) is 2.12. The van der Waals surface area contributed by atoms with Crippen molar-refractivity contribution < 1.29 is 18.0 Å². The summed E-state index contributed by atoms with van der Waals surface area (Å²) in [5.41, 5.74) is 1.28. The molecule has 0 fully saturated rings. The van der Waals surface area contributed by atoms with Crippen LogP contribution in [-0.4, -0.2) is 5.91 Å². The maximum Gasteiger partial charge on any atom is 0.265 e. The van der Waals surface area contributed by atoms with E-state index in [1.54, 1.807) is 5.43 Å². The summed E-state index contributed by atoms with van der Waals surface area (Å²) in [5.74, 6) is -0.668. The Balaban J connectivity index is 3.20. The number of carbonyl (C=O) groups is 1. The SMILES string of the molecule is NNC(=O)c1cc(F)c(F)c(F)c1. The topological polar surface area (TPSA) is 55.1 Å². The molecule has 1 rings (SSSR count). The molecule has 0 heterocycles. The van der Waals surface area contributed by atoms with E-state index in [1.807, 2.05) is 0 Å². The minimum absolute atomic E-state index is 0.376. The first-order valence-electron chi connectivity index (χ1n) is 3.21. The summed E-state index contributed by atoms with van der Waals surface area (Å²) in [6.07, 6.45) is 0. The van der Waals surface area contributed by atoms with Gasteiger partial charge in [-0.15, -0.1) is 0 Å². The van der Waals surface area contributed by atoms with Gasteiger partial charge in [-0.3, -0.25) is 10.2 Å². The molecular weight excluding hydrogens is 185 g/mol. The number of amides is 1. The molecule has 0 saturated carbocycles. The lowest BCUT2D eigenvalue weighted by molar-refractivity contribution is 0.0952. The van der Waals surface area contributed by atoms with E-state index in [4.69, 9.17) is 5.84 Å². The van der Waals surface area contributed by atoms with Crippen molar-refractivity contribution in [2.24, 2.45) is 5.84 Å². The van der Waals surface area contributed by atoms with E-state index >= 15 is 0 Å². The molecule has 0 bridgehead atoms. The van der Waals surface area contributed by atoms with Gasteiger partial charge in [0.05, 0.1) is 0 Å². The Bertz CT molecular complexity index is 331. The minimum Gasteiger partial charge on any atom is -0.290 e. The average molecular weight is 190 g/mol. The van der Waals surface area contributed by atoms with Gasteiger partial charge in [-0.05, 0) is 12.1 Å². The Morgan fingerprint density at radius 3 is 2.08 bits per heavy atom. The summed E-state index contributed by atoms with van der Waals surface area (Å²) in [4.78, 5) is 10.7. The highest BCUT2D eigenvalue weighted by molar-refractivity contribution is 5.93. The van der Waals surface area contributed by atoms with Crippen LogP contribution in [0.15, 0.2) is 12.1 Å². The summed E-state index contributed by atoms with van der Waals surface area (Å²) in [6, 6.07) is 1.11. The lowest BCUT2D eigenvalue weighted by Crippen LogP contribution is -2.30. The van der Waals surface area contributed by atoms with Gasteiger partial charge in [-0.2, -0.15) is 0 Å². The second-order valence-electron chi connectivity index (χ2n) is 2.23. The maximum absolute atomic E-state index is 12.5. The third kappa shape index (κ3) is 1.78. The molecule has 0 atom stereocenters. The van der Waals surface area contributed by atoms with Gasteiger partial charge in [-0.1, -0.05) is 0 Å². The van der Waals surface area contributed by atoms with Crippen molar-refractivity contribution in [3.05, 3.63) is 35.1 Å². The Morgan fingerprint density at radius 2 is 1.69 bits per heavy atom. The number of hydrazine groups is 1. The van der Waals surface area contributed by atoms with Gasteiger partial charge in [0, 0.05) is 5.56 Å². The van der Waals surface area contributed by atoms with E-state index in [-0.39, 0.29) is 5.56 Å². The number of rotatable bonds is 1. The Hall–Kier alpha value is -1.56. The zero-order valence-electron chi connectivity index (χ0n) is 6.27. The second-order valence-corrected chi connectivity index (χ2v) is 2.23. The van der Waals surface area contributed by atoms with Gasteiger partial charge in [0.25, 0.3) is 5.91 Å². The van der Waals surface area contributed by atoms with Crippen molar-refractivity contribution >= 4 is 5.91 Å². The number of carbonyl (C=O) groups excluding carboxylic acids is 1. The highest BCUT2D eigenvalue weighted by Gasteiger charge is 2.13. The quantitative estimate of drug-likeness (QED) is 0.296. The van der Waals surface area contributed by atoms with E-state index < -0.39 is 23.4 Å². The molecule has 3 N–H and O–H groups in total. The van der Waals surface area contributed by atoms with Crippen LogP contribution in [0, 0.1) is 17.5 Å². The van der Waals surface area contributed by atoms with Crippen LogP contribution in [-0.2, 0) is 0 Å². The maximum atomic E-state index is 12.5. The lowest BCUT2D eigenvalue weighted by Gasteiger charge is -2.00. The van der Waals surface area contributed by atoms with Gasteiger partial charge in [-0.25, -0.2) is 19.0 Å². The molecule has 1 aromatic carbocycles. The zero-order chi connectivity index (χ0) is 10.0. The molecule has 0 unspecified atom stereocenters. The number of hydrogen-bond donors (Lipinski definition) is 2. The van der Waals surface area contributed by atoms with Crippen LogP contribution in [0.5, 0.6) is 0 Å². The van der Waals surface area contributed by atoms with Crippen LogP contribution < -0.4 is 11.3 Å². The molecule has 3 nitrogen and oxygen atoms in total. The van der Waals surface area contributed by atoms with Crippen molar-refractivity contribution in [2.75, 3.05) is 0 Å². The van der Waals surface area contributed by atoms with Crippen LogP contribution >= 0.6 is 0 Å². The Labute approximate surface area is 71.3 Å². The molecule has 0 aromatic heterocycles. The summed E-state index contributed by atoms with van der Waals surface area (Å²) < 4.78 is 37.4. The van der Waals surface area contributed by atoms with E-state index in [2.05, 4.69) is 0 Å². The fraction of sp³-hybridized carbons (Fsp3) is 0. The monoisotopic (exact) mass is 190 g/mol. The fourth-order valence-electron chi connectivity index (χ4n) is 0.770.